The van der Waals surface area contributed by atoms with Gasteiger partial charge in [0.15, 0.2) is 5.69 Å². The lowest BCUT2D eigenvalue weighted by atomic mass is 10.1. The van der Waals surface area contributed by atoms with Crippen molar-refractivity contribution in [2.24, 2.45) is 0 Å². The first-order chi connectivity index (χ1) is 13.8. The van der Waals surface area contributed by atoms with E-state index in [0.717, 1.165) is 27.1 Å². The maximum Gasteiger partial charge on any atom is 0.272 e. The first-order valence-electron chi connectivity index (χ1n) is 8.75. The number of nitrogens with zero attached hydrogens (tertiary/aromatic N) is 1. The molecule has 0 spiro atoms. The van der Waals surface area contributed by atoms with Gasteiger partial charge < -0.3 is 10.1 Å². The van der Waals surface area contributed by atoms with E-state index in [2.05, 4.69) is 27.4 Å². The van der Waals surface area contributed by atoms with Gasteiger partial charge in [0.05, 0.1) is 17.1 Å². The Morgan fingerprint density at radius 1 is 1.11 bits per heavy atom. The number of H-pyrrole nitrogens is 1. The minimum Gasteiger partial charge on any atom is -0.480 e. The number of rotatable bonds is 5. The van der Waals surface area contributed by atoms with Crippen molar-refractivity contribution in [1.82, 2.24) is 15.5 Å². The Balaban J connectivity index is 1.28. The number of aromatic amines is 1. The van der Waals surface area contributed by atoms with Crippen LogP contribution in [0.1, 0.15) is 10.5 Å². The Kier molecular flexibility index (Phi) is 5.36. The summed E-state index contributed by atoms with van der Waals surface area (Å²) in [6.07, 6.45) is 0. The van der Waals surface area contributed by atoms with Gasteiger partial charge in [-0.15, -0.1) is 11.3 Å². The van der Waals surface area contributed by atoms with Gasteiger partial charge in [-0.25, -0.2) is 0 Å². The molecule has 2 aromatic carbocycles. The summed E-state index contributed by atoms with van der Waals surface area (Å²) in [7, 11) is 0. The number of aromatic nitrogens is 2. The minimum absolute atomic E-state index is 0.235. The highest BCUT2D eigenvalue weighted by molar-refractivity contribution is 7.13. The van der Waals surface area contributed by atoms with Crippen LogP contribution in [0.25, 0.3) is 21.3 Å². The zero-order chi connectivity index (χ0) is 19.2. The van der Waals surface area contributed by atoms with Crippen LogP contribution < -0.4 is 10.1 Å². The summed E-state index contributed by atoms with van der Waals surface area (Å²) >= 11 is 1.59. The Hall–Kier alpha value is -3.56. The molecule has 0 aliphatic rings. The van der Waals surface area contributed by atoms with Gasteiger partial charge in [0, 0.05) is 5.39 Å². The Labute approximate surface area is 166 Å². The van der Waals surface area contributed by atoms with Crippen LogP contribution in [-0.4, -0.2) is 29.3 Å². The summed E-state index contributed by atoms with van der Waals surface area (Å²) in [6, 6.07) is 19.6. The molecule has 5 nitrogen and oxygen atoms in total. The summed E-state index contributed by atoms with van der Waals surface area (Å²) in [6.45, 7) is 0.494. The molecule has 0 fully saturated rings. The van der Waals surface area contributed by atoms with E-state index >= 15 is 0 Å². The first-order valence-corrected chi connectivity index (χ1v) is 9.63. The highest BCUT2D eigenvalue weighted by Gasteiger charge is 2.10. The smallest absolute Gasteiger partial charge is 0.272 e. The predicted octanol–water partition coefficient (Wildman–Crippen LogP) is 4.10. The molecule has 2 aromatic heterocycles. The quantitative estimate of drug-likeness (QED) is 0.507. The largest absolute Gasteiger partial charge is 0.480 e. The van der Waals surface area contributed by atoms with E-state index in [0.29, 0.717) is 5.69 Å². The van der Waals surface area contributed by atoms with Crippen LogP contribution in [0.4, 0.5) is 0 Å². The molecule has 138 valence electrons. The topological polar surface area (TPSA) is 67.0 Å². The van der Waals surface area contributed by atoms with Crippen LogP contribution in [0, 0.1) is 11.8 Å². The molecule has 0 bridgehead atoms. The molecular formula is C22H17N3O2S. The fourth-order valence-corrected chi connectivity index (χ4v) is 3.45. The number of amides is 1. The molecule has 0 saturated heterocycles. The second kappa shape index (κ2) is 8.42. The van der Waals surface area contributed by atoms with Gasteiger partial charge in [0.1, 0.15) is 12.4 Å². The van der Waals surface area contributed by atoms with Crippen LogP contribution >= 0.6 is 11.3 Å². The van der Waals surface area contributed by atoms with Crippen molar-refractivity contribution >= 4 is 28.0 Å². The SMILES string of the molecule is O=C(NCC#CCOc1cccc2ccccc12)c1cc(-c2cccs2)[nH]n1. The van der Waals surface area contributed by atoms with Crippen molar-refractivity contribution in [2.45, 2.75) is 0 Å². The standard InChI is InChI=1S/C22H17N3O2S/c26-22(19-15-18(24-25-19)21-11-6-14-28-21)23-12-3-4-13-27-20-10-5-8-16-7-1-2-9-17(16)20/h1-2,5-11,14-15H,12-13H2,(H,23,26)(H,24,25). The number of ether oxygens (including phenoxy) is 1. The molecule has 0 aliphatic heterocycles. The van der Waals surface area contributed by atoms with Gasteiger partial charge in [-0.05, 0) is 29.0 Å². The van der Waals surface area contributed by atoms with Crippen molar-refractivity contribution in [2.75, 3.05) is 13.2 Å². The van der Waals surface area contributed by atoms with Crippen LogP contribution in [0.15, 0.2) is 66.0 Å². The molecule has 0 saturated carbocycles. The minimum atomic E-state index is -0.261. The first kappa shape index (κ1) is 17.8. The zero-order valence-electron chi connectivity index (χ0n) is 14.9. The van der Waals surface area contributed by atoms with Gasteiger partial charge in [-0.3, -0.25) is 9.89 Å². The van der Waals surface area contributed by atoms with E-state index in [4.69, 9.17) is 4.74 Å². The van der Waals surface area contributed by atoms with E-state index in [1.54, 1.807) is 17.4 Å². The van der Waals surface area contributed by atoms with Gasteiger partial charge in [-0.1, -0.05) is 54.3 Å². The monoisotopic (exact) mass is 387 g/mol. The van der Waals surface area contributed by atoms with Crippen molar-refractivity contribution in [3.8, 4) is 28.2 Å². The molecule has 0 unspecified atom stereocenters. The normalized spacial score (nSPS) is 10.3. The van der Waals surface area contributed by atoms with Crippen molar-refractivity contribution in [1.29, 1.82) is 0 Å². The second-order valence-corrected chi connectivity index (χ2v) is 6.89. The fourth-order valence-electron chi connectivity index (χ4n) is 2.76. The Morgan fingerprint density at radius 2 is 2.00 bits per heavy atom. The molecule has 0 atom stereocenters. The van der Waals surface area contributed by atoms with Crippen LogP contribution in [0.2, 0.25) is 0 Å². The number of hydrogen-bond acceptors (Lipinski definition) is 4. The maximum atomic E-state index is 12.1. The van der Waals surface area contributed by atoms with E-state index in [1.807, 2.05) is 60.0 Å². The average molecular weight is 387 g/mol. The zero-order valence-corrected chi connectivity index (χ0v) is 15.8. The average Bonchev–Trinajstić information content (AvgIpc) is 3.42. The molecular weight excluding hydrogens is 370 g/mol. The molecule has 2 heterocycles. The molecule has 6 heteroatoms. The lowest BCUT2D eigenvalue weighted by Crippen LogP contribution is -2.24. The Morgan fingerprint density at radius 3 is 2.89 bits per heavy atom. The van der Waals surface area contributed by atoms with E-state index in [-0.39, 0.29) is 19.1 Å². The van der Waals surface area contributed by atoms with Gasteiger partial charge in [-0.2, -0.15) is 5.10 Å². The Bertz CT molecular complexity index is 1150. The number of carbonyl (C=O) groups is 1. The third kappa shape index (κ3) is 4.05. The third-order valence-electron chi connectivity index (χ3n) is 4.11. The van der Waals surface area contributed by atoms with E-state index in [1.165, 1.54) is 0 Å². The molecule has 4 rings (SSSR count). The highest BCUT2D eigenvalue weighted by Crippen LogP contribution is 2.25. The third-order valence-corrected chi connectivity index (χ3v) is 5.01. The molecule has 4 aromatic rings. The molecule has 0 radical (unpaired) electrons. The van der Waals surface area contributed by atoms with Crippen molar-refractivity contribution in [3.05, 3.63) is 71.7 Å². The lowest BCUT2D eigenvalue weighted by molar-refractivity contribution is 0.0953. The van der Waals surface area contributed by atoms with E-state index in [9.17, 15) is 4.79 Å². The van der Waals surface area contributed by atoms with E-state index < -0.39 is 0 Å². The van der Waals surface area contributed by atoms with Crippen molar-refractivity contribution < 1.29 is 9.53 Å². The fraction of sp³-hybridized carbons (Fsp3) is 0.0909. The van der Waals surface area contributed by atoms with Gasteiger partial charge in [0.2, 0.25) is 0 Å². The lowest BCUT2D eigenvalue weighted by Gasteiger charge is -2.06. The van der Waals surface area contributed by atoms with Crippen LogP contribution in [0.5, 0.6) is 5.75 Å². The van der Waals surface area contributed by atoms with Crippen LogP contribution in [0.3, 0.4) is 0 Å². The summed E-state index contributed by atoms with van der Waals surface area (Å²) < 4.78 is 5.75. The molecule has 1 amide bonds. The number of carbonyl (C=O) groups excluding carboxylic acids is 1. The van der Waals surface area contributed by atoms with Crippen molar-refractivity contribution in [3.63, 3.8) is 0 Å². The second-order valence-electron chi connectivity index (χ2n) is 5.95. The number of hydrogen-bond donors (Lipinski definition) is 2. The molecule has 0 aliphatic carbocycles. The number of thiophene rings is 1. The highest BCUT2D eigenvalue weighted by atomic mass is 32.1. The predicted molar refractivity (Wildman–Crippen MR) is 111 cm³/mol. The summed E-state index contributed by atoms with van der Waals surface area (Å²) in [5, 5.41) is 13.8. The summed E-state index contributed by atoms with van der Waals surface area (Å²) in [5.41, 5.74) is 1.17. The van der Waals surface area contributed by atoms with Gasteiger partial charge >= 0.3 is 0 Å². The number of nitrogens with one attached hydrogen (secondary N) is 2. The maximum absolute atomic E-state index is 12.1. The number of benzene rings is 2. The molecule has 28 heavy (non-hydrogen) atoms. The summed E-state index contributed by atoms with van der Waals surface area (Å²) in [4.78, 5) is 13.2. The number of fused-ring (bicyclic) bond motifs is 1. The van der Waals surface area contributed by atoms with Crippen LogP contribution in [-0.2, 0) is 0 Å². The van der Waals surface area contributed by atoms with Gasteiger partial charge in [0.25, 0.3) is 5.91 Å². The summed E-state index contributed by atoms with van der Waals surface area (Å²) in [5.74, 6) is 6.35. The molecule has 2 N–H and O–H groups in total.